The van der Waals surface area contributed by atoms with Gasteiger partial charge in [-0.1, -0.05) is 0 Å². The maximum absolute atomic E-state index is 12.1. The molecule has 3 N–H and O–H groups in total. The molecule has 8 heteroatoms. The van der Waals surface area contributed by atoms with Crippen LogP contribution in [0.15, 0.2) is 22.6 Å². The number of nitrogens with two attached hydrogens (primary N) is 1. The SMILES string of the molecule is CC(N)CCNC(=O)CCn1cnc2sccc2c1=O.Cl. The Labute approximate surface area is 132 Å². The molecule has 0 aromatic carbocycles. The molecule has 0 aliphatic rings. The van der Waals surface area contributed by atoms with E-state index in [1.165, 1.54) is 22.2 Å². The lowest BCUT2D eigenvalue weighted by Crippen LogP contribution is -2.30. The predicted octanol–water partition coefficient (Wildman–Crippen LogP) is 1.12. The minimum Gasteiger partial charge on any atom is -0.356 e. The largest absolute Gasteiger partial charge is 0.356 e. The van der Waals surface area contributed by atoms with E-state index in [1.54, 1.807) is 6.07 Å². The van der Waals surface area contributed by atoms with E-state index >= 15 is 0 Å². The minimum atomic E-state index is -0.0976. The molecule has 0 bridgehead atoms. The first kappa shape index (κ1) is 17.6. The highest BCUT2D eigenvalue weighted by atomic mass is 35.5. The van der Waals surface area contributed by atoms with Crippen LogP contribution >= 0.6 is 23.7 Å². The van der Waals surface area contributed by atoms with Gasteiger partial charge in [0.1, 0.15) is 4.83 Å². The second kappa shape index (κ2) is 8.11. The fraction of sp³-hybridized carbons (Fsp3) is 0.462. The van der Waals surface area contributed by atoms with E-state index in [-0.39, 0.29) is 36.3 Å². The Morgan fingerprint density at radius 3 is 3.05 bits per heavy atom. The van der Waals surface area contributed by atoms with E-state index in [2.05, 4.69) is 10.3 Å². The summed E-state index contributed by atoms with van der Waals surface area (Å²) >= 11 is 1.43. The number of carbonyl (C=O) groups is 1. The second-order valence-electron chi connectivity index (χ2n) is 4.75. The minimum absolute atomic E-state index is 0. The number of nitrogens with one attached hydrogen (secondary N) is 1. The number of rotatable bonds is 6. The number of amides is 1. The Hall–Kier alpha value is -1.44. The van der Waals surface area contributed by atoms with E-state index in [4.69, 9.17) is 5.73 Å². The van der Waals surface area contributed by atoms with Crippen molar-refractivity contribution in [2.45, 2.75) is 32.4 Å². The molecule has 6 nitrogen and oxygen atoms in total. The lowest BCUT2D eigenvalue weighted by Gasteiger charge is -2.08. The van der Waals surface area contributed by atoms with Gasteiger partial charge in [0.05, 0.1) is 11.7 Å². The smallest absolute Gasteiger partial charge is 0.262 e. The molecule has 21 heavy (non-hydrogen) atoms. The topological polar surface area (TPSA) is 90.0 Å². The Bertz CT molecular complexity index is 653. The Kier molecular flexibility index (Phi) is 6.80. The molecule has 1 amide bonds. The number of hydrogen-bond acceptors (Lipinski definition) is 5. The summed E-state index contributed by atoms with van der Waals surface area (Å²) in [5.74, 6) is -0.0806. The highest BCUT2D eigenvalue weighted by molar-refractivity contribution is 7.16. The average Bonchev–Trinajstić information content (AvgIpc) is 2.86. The molecule has 0 radical (unpaired) electrons. The fourth-order valence-electron chi connectivity index (χ4n) is 1.80. The van der Waals surface area contributed by atoms with E-state index in [0.29, 0.717) is 18.5 Å². The Balaban J connectivity index is 0.00000220. The van der Waals surface area contributed by atoms with Crippen LogP contribution in [0.3, 0.4) is 0 Å². The van der Waals surface area contributed by atoms with Crippen molar-refractivity contribution in [3.05, 3.63) is 28.1 Å². The standard InChI is InChI=1S/C13H18N4O2S.ClH/c1-9(14)2-5-15-11(18)3-6-17-8-16-12-10(13(17)19)4-7-20-12;/h4,7-9H,2-3,5-6,14H2,1H3,(H,15,18);1H. The molecule has 0 fully saturated rings. The van der Waals surface area contributed by atoms with Gasteiger partial charge in [0.25, 0.3) is 5.56 Å². The molecule has 0 aliphatic heterocycles. The highest BCUT2D eigenvalue weighted by Crippen LogP contribution is 2.13. The number of halogens is 1. The first-order valence-corrected chi connectivity index (χ1v) is 7.41. The molecule has 0 spiro atoms. The molecule has 2 heterocycles. The first-order chi connectivity index (χ1) is 9.58. The Morgan fingerprint density at radius 1 is 1.57 bits per heavy atom. The summed E-state index contributed by atoms with van der Waals surface area (Å²) in [6.07, 6.45) is 2.50. The molecular formula is C13H19ClN4O2S. The number of aromatic nitrogens is 2. The van der Waals surface area contributed by atoms with Gasteiger partial charge in [-0.15, -0.1) is 23.7 Å². The van der Waals surface area contributed by atoms with Crippen molar-refractivity contribution in [1.82, 2.24) is 14.9 Å². The third-order valence-corrected chi connectivity index (χ3v) is 3.77. The number of fused-ring (bicyclic) bond motifs is 1. The van der Waals surface area contributed by atoms with Gasteiger partial charge in [-0.2, -0.15) is 0 Å². The zero-order valence-corrected chi connectivity index (χ0v) is 13.4. The number of carbonyl (C=O) groups excluding carboxylic acids is 1. The molecule has 116 valence electrons. The first-order valence-electron chi connectivity index (χ1n) is 6.53. The summed E-state index contributed by atoms with van der Waals surface area (Å²) in [6, 6.07) is 1.83. The number of nitrogens with zero attached hydrogens (tertiary/aromatic N) is 2. The summed E-state index contributed by atoms with van der Waals surface area (Å²) in [6.45, 7) is 2.79. The quantitative estimate of drug-likeness (QED) is 0.830. The van der Waals surface area contributed by atoms with Crippen LogP contribution in [0.2, 0.25) is 0 Å². The van der Waals surface area contributed by atoms with Crippen molar-refractivity contribution < 1.29 is 4.79 Å². The third-order valence-electron chi connectivity index (χ3n) is 2.95. The molecule has 0 saturated heterocycles. The summed E-state index contributed by atoms with van der Waals surface area (Å²) in [4.78, 5) is 28.7. The number of aryl methyl sites for hydroxylation is 1. The van der Waals surface area contributed by atoms with Gasteiger partial charge in [0.15, 0.2) is 0 Å². The summed E-state index contributed by atoms with van der Waals surface area (Å²) in [7, 11) is 0. The van der Waals surface area contributed by atoms with Gasteiger partial charge in [-0.3, -0.25) is 14.2 Å². The van der Waals surface area contributed by atoms with Gasteiger partial charge < -0.3 is 11.1 Å². The van der Waals surface area contributed by atoms with Crippen molar-refractivity contribution in [1.29, 1.82) is 0 Å². The van der Waals surface area contributed by atoms with Gasteiger partial charge >= 0.3 is 0 Å². The lowest BCUT2D eigenvalue weighted by atomic mass is 10.2. The van der Waals surface area contributed by atoms with Crippen LogP contribution in [-0.2, 0) is 11.3 Å². The lowest BCUT2D eigenvalue weighted by molar-refractivity contribution is -0.121. The number of thiophene rings is 1. The van der Waals surface area contributed by atoms with Crippen LogP contribution in [0.1, 0.15) is 19.8 Å². The predicted molar refractivity (Wildman–Crippen MR) is 87.0 cm³/mol. The normalized spacial score (nSPS) is 11.9. The van der Waals surface area contributed by atoms with Crippen molar-refractivity contribution in [2.75, 3.05) is 6.54 Å². The fourth-order valence-corrected chi connectivity index (χ4v) is 2.53. The monoisotopic (exact) mass is 330 g/mol. The third kappa shape index (κ3) is 4.80. The van der Waals surface area contributed by atoms with Crippen LogP contribution in [0.4, 0.5) is 0 Å². The summed E-state index contributed by atoms with van der Waals surface area (Å²) < 4.78 is 1.47. The van der Waals surface area contributed by atoms with E-state index in [0.717, 1.165) is 11.3 Å². The molecule has 2 rings (SSSR count). The van der Waals surface area contributed by atoms with Gasteiger partial charge in [-0.05, 0) is 24.8 Å². The van der Waals surface area contributed by atoms with Crippen LogP contribution in [0, 0.1) is 0 Å². The molecular weight excluding hydrogens is 312 g/mol. The van der Waals surface area contributed by atoms with E-state index in [1.807, 2.05) is 12.3 Å². The van der Waals surface area contributed by atoms with Crippen molar-refractivity contribution >= 4 is 39.9 Å². The molecule has 1 atom stereocenters. The summed E-state index contributed by atoms with van der Waals surface area (Å²) in [5.41, 5.74) is 5.50. The molecule has 2 aromatic heterocycles. The zero-order valence-electron chi connectivity index (χ0n) is 11.7. The van der Waals surface area contributed by atoms with Crippen molar-refractivity contribution in [3.63, 3.8) is 0 Å². The van der Waals surface area contributed by atoms with Gasteiger partial charge in [0.2, 0.25) is 5.91 Å². The van der Waals surface area contributed by atoms with Crippen molar-refractivity contribution in [2.24, 2.45) is 5.73 Å². The van der Waals surface area contributed by atoms with Crippen LogP contribution < -0.4 is 16.6 Å². The molecule has 2 aromatic rings. The molecule has 1 unspecified atom stereocenters. The number of hydrogen-bond donors (Lipinski definition) is 2. The maximum atomic E-state index is 12.1. The molecule has 0 saturated carbocycles. The zero-order chi connectivity index (χ0) is 14.5. The van der Waals surface area contributed by atoms with Crippen LogP contribution in [0.25, 0.3) is 10.2 Å². The second-order valence-corrected chi connectivity index (χ2v) is 5.64. The highest BCUT2D eigenvalue weighted by Gasteiger charge is 2.07. The average molecular weight is 331 g/mol. The van der Waals surface area contributed by atoms with Gasteiger partial charge in [-0.25, -0.2) is 4.98 Å². The van der Waals surface area contributed by atoms with Crippen LogP contribution in [0.5, 0.6) is 0 Å². The summed E-state index contributed by atoms with van der Waals surface area (Å²) in [5, 5.41) is 5.23. The van der Waals surface area contributed by atoms with E-state index in [9.17, 15) is 9.59 Å². The van der Waals surface area contributed by atoms with E-state index < -0.39 is 0 Å². The Morgan fingerprint density at radius 2 is 2.33 bits per heavy atom. The maximum Gasteiger partial charge on any atom is 0.262 e. The van der Waals surface area contributed by atoms with Crippen molar-refractivity contribution in [3.8, 4) is 0 Å². The van der Waals surface area contributed by atoms with Gasteiger partial charge in [0, 0.05) is 25.6 Å². The van der Waals surface area contributed by atoms with Crippen LogP contribution in [-0.4, -0.2) is 28.0 Å². The molecule has 0 aliphatic carbocycles.